The number of aromatic nitrogens is 3. The Morgan fingerprint density at radius 3 is 2.53 bits per heavy atom. The maximum atomic E-state index is 12.8. The van der Waals surface area contributed by atoms with Gasteiger partial charge in [-0.25, -0.2) is 4.98 Å². The van der Waals surface area contributed by atoms with E-state index in [9.17, 15) is 4.79 Å². The first kappa shape index (κ1) is 20.2. The third kappa shape index (κ3) is 4.18. The molecule has 6 nitrogen and oxygen atoms in total. The van der Waals surface area contributed by atoms with Gasteiger partial charge < -0.3 is 9.72 Å². The Morgan fingerprint density at radius 2 is 1.75 bits per heavy atom. The Balaban J connectivity index is 1.34. The van der Waals surface area contributed by atoms with Crippen LogP contribution in [0.1, 0.15) is 17.0 Å². The minimum absolute atomic E-state index is 0.0569. The van der Waals surface area contributed by atoms with Gasteiger partial charge in [0.1, 0.15) is 11.6 Å². The fourth-order valence-electron chi connectivity index (χ4n) is 4.07. The van der Waals surface area contributed by atoms with Crippen LogP contribution in [0.15, 0.2) is 77.6 Å². The Hall–Kier alpha value is -3.77. The van der Waals surface area contributed by atoms with Gasteiger partial charge in [0.15, 0.2) is 0 Å². The molecule has 0 atom stereocenters. The lowest BCUT2D eigenvalue weighted by Gasteiger charge is -2.27. The van der Waals surface area contributed by atoms with Crippen LogP contribution in [0, 0.1) is 0 Å². The van der Waals surface area contributed by atoms with Crippen molar-refractivity contribution in [1.29, 1.82) is 0 Å². The van der Waals surface area contributed by atoms with Crippen molar-refractivity contribution in [3.63, 3.8) is 0 Å². The number of hydrogen-bond acceptors (Lipinski definition) is 5. The second-order valence-electron chi connectivity index (χ2n) is 7.91. The van der Waals surface area contributed by atoms with Crippen LogP contribution in [0.2, 0.25) is 0 Å². The summed E-state index contributed by atoms with van der Waals surface area (Å²) in [5.74, 6) is 1.46. The molecule has 0 amide bonds. The molecule has 2 aromatic heterocycles. The van der Waals surface area contributed by atoms with E-state index in [0.717, 1.165) is 52.5 Å². The van der Waals surface area contributed by atoms with Crippen molar-refractivity contribution in [2.24, 2.45) is 0 Å². The maximum Gasteiger partial charge on any atom is 0.255 e. The number of fused-ring (bicyclic) bond motifs is 1. The molecule has 5 rings (SSSR count). The van der Waals surface area contributed by atoms with Crippen molar-refractivity contribution >= 4 is 0 Å². The Labute approximate surface area is 186 Å². The van der Waals surface area contributed by atoms with Gasteiger partial charge in [0.2, 0.25) is 0 Å². The molecule has 0 unspecified atom stereocenters. The molecule has 0 fully saturated rings. The average molecular weight is 425 g/mol. The lowest BCUT2D eigenvalue weighted by molar-refractivity contribution is 0.239. The summed E-state index contributed by atoms with van der Waals surface area (Å²) in [6, 6.07) is 23.7. The number of nitrogens with zero attached hydrogens (tertiary/aromatic N) is 3. The highest BCUT2D eigenvalue weighted by atomic mass is 16.5. The Kier molecular flexibility index (Phi) is 5.52. The summed E-state index contributed by atoms with van der Waals surface area (Å²) in [6.45, 7) is 2.09. The summed E-state index contributed by atoms with van der Waals surface area (Å²) in [4.78, 5) is 27.6. The van der Waals surface area contributed by atoms with Crippen LogP contribution >= 0.6 is 0 Å². The number of methoxy groups -OCH3 is 1. The van der Waals surface area contributed by atoms with E-state index in [2.05, 4.69) is 9.88 Å². The van der Waals surface area contributed by atoms with Gasteiger partial charge in [-0.05, 0) is 36.4 Å². The molecule has 0 aliphatic carbocycles. The third-order valence-electron chi connectivity index (χ3n) is 5.77. The quantitative estimate of drug-likeness (QED) is 0.523. The van der Waals surface area contributed by atoms with Gasteiger partial charge in [0, 0.05) is 37.2 Å². The number of hydrogen-bond donors (Lipinski definition) is 1. The van der Waals surface area contributed by atoms with E-state index < -0.39 is 0 Å². The molecule has 0 spiro atoms. The van der Waals surface area contributed by atoms with Crippen LogP contribution in [-0.4, -0.2) is 33.5 Å². The lowest BCUT2D eigenvalue weighted by atomic mass is 10.1. The minimum Gasteiger partial charge on any atom is -0.497 e. The zero-order valence-corrected chi connectivity index (χ0v) is 17.9. The summed E-state index contributed by atoms with van der Waals surface area (Å²) in [5.41, 5.74) is 5.46. The van der Waals surface area contributed by atoms with Gasteiger partial charge in [-0.2, -0.15) is 0 Å². The summed E-state index contributed by atoms with van der Waals surface area (Å²) in [6.07, 6.45) is 0.747. The number of rotatable bonds is 5. The molecular weight excluding hydrogens is 400 g/mol. The molecule has 6 heteroatoms. The summed E-state index contributed by atoms with van der Waals surface area (Å²) < 4.78 is 5.24. The molecule has 0 radical (unpaired) electrons. The Bertz CT molecular complexity index is 1280. The topological polar surface area (TPSA) is 71.1 Å². The van der Waals surface area contributed by atoms with Crippen molar-refractivity contribution in [3.8, 4) is 28.4 Å². The normalized spacial score (nSPS) is 13.5. The molecule has 4 aromatic rings. The fraction of sp³-hybridized carbons (Fsp3) is 0.192. The molecule has 0 saturated heterocycles. The van der Waals surface area contributed by atoms with Gasteiger partial charge in [-0.3, -0.25) is 14.7 Å². The van der Waals surface area contributed by atoms with E-state index in [-0.39, 0.29) is 5.56 Å². The second-order valence-corrected chi connectivity index (χ2v) is 7.91. The van der Waals surface area contributed by atoms with Gasteiger partial charge in [-0.1, -0.05) is 36.4 Å². The number of H-pyrrole nitrogens is 1. The number of pyridine rings is 1. The average Bonchev–Trinajstić information content (AvgIpc) is 2.85. The van der Waals surface area contributed by atoms with Crippen molar-refractivity contribution in [3.05, 3.63) is 100 Å². The first-order chi connectivity index (χ1) is 15.7. The number of nitrogens with one attached hydrogen (secondary N) is 1. The van der Waals surface area contributed by atoms with E-state index in [1.165, 1.54) is 0 Å². The molecule has 0 bridgehead atoms. The zero-order valence-electron chi connectivity index (χ0n) is 17.9. The van der Waals surface area contributed by atoms with Crippen molar-refractivity contribution in [2.75, 3.05) is 13.7 Å². The van der Waals surface area contributed by atoms with Gasteiger partial charge >= 0.3 is 0 Å². The van der Waals surface area contributed by atoms with Gasteiger partial charge in [0.25, 0.3) is 5.56 Å². The van der Waals surface area contributed by atoms with Crippen LogP contribution < -0.4 is 10.3 Å². The SMILES string of the molecule is COc1ccc(-c2cccc(CN3CCc4nc(-c5ccccc5)[nH]c(=O)c4C3)n2)cc1. The number of aromatic amines is 1. The highest BCUT2D eigenvalue weighted by Crippen LogP contribution is 2.23. The number of ether oxygens (including phenoxy) is 1. The van der Waals surface area contributed by atoms with E-state index in [0.29, 0.717) is 18.9 Å². The first-order valence-electron chi connectivity index (χ1n) is 10.7. The molecule has 3 heterocycles. The molecule has 32 heavy (non-hydrogen) atoms. The maximum absolute atomic E-state index is 12.8. The van der Waals surface area contributed by atoms with Gasteiger partial charge in [0.05, 0.1) is 29.8 Å². The van der Waals surface area contributed by atoms with Crippen LogP contribution in [0.4, 0.5) is 0 Å². The lowest BCUT2D eigenvalue weighted by Crippen LogP contribution is -2.35. The molecular formula is C26H24N4O2. The van der Waals surface area contributed by atoms with E-state index in [1.54, 1.807) is 7.11 Å². The molecule has 1 aliphatic heterocycles. The van der Waals surface area contributed by atoms with Crippen LogP contribution in [0.5, 0.6) is 5.75 Å². The fourth-order valence-corrected chi connectivity index (χ4v) is 4.07. The van der Waals surface area contributed by atoms with E-state index in [1.807, 2.05) is 72.8 Å². The summed E-state index contributed by atoms with van der Waals surface area (Å²) in [5, 5.41) is 0. The largest absolute Gasteiger partial charge is 0.497 e. The highest BCUT2D eigenvalue weighted by Gasteiger charge is 2.22. The van der Waals surface area contributed by atoms with Crippen LogP contribution in [0.3, 0.4) is 0 Å². The molecule has 1 N–H and O–H groups in total. The molecule has 1 aliphatic rings. The third-order valence-corrected chi connectivity index (χ3v) is 5.77. The van der Waals surface area contributed by atoms with E-state index >= 15 is 0 Å². The summed E-state index contributed by atoms with van der Waals surface area (Å²) in [7, 11) is 1.66. The highest BCUT2D eigenvalue weighted by molar-refractivity contribution is 5.60. The first-order valence-corrected chi connectivity index (χ1v) is 10.7. The molecule has 160 valence electrons. The predicted octanol–water partition coefficient (Wildman–Crippen LogP) is 4.07. The zero-order chi connectivity index (χ0) is 21.9. The number of benzene rings is 2. The Morgan fingerprint density at radius 1 is 0.938 bits per heavy atom. The van der Waals surface area contributed by atoms with Crippen molar-refractivity contribution in [2.45, 2.75) is 19.5 Å². The van der Waals surface area contributed by atoms with Crippen molar-refractivity contribution in [1.82, 2.24) is 19.9 Å². The van der Waals surface area contributed by atoms with Crippen LogP contribution in [0.25, 0.3) is 22.6 Å². The monoisotopic (exact) mass is 424 g/mol. The predicted molar refractivity (Wildman–Crippen MR) is 124 cm³/mol. The van der Waals surface area contributed by atoms with Gasteiger partial charge in [-0.15, -0.1) is 0 Å². The van der Waals surface area contributed by atoms with Crippen LogP contribution in [-0.2, 0) is 19.5 Å². The molecule has 0 saturated carbocycles. The standard InChI is InChI=1S/C26H24N4O2/c1-32-21-12-10-18(11-13-21)23-9-5-8-20(27-23)16-30-15-14-24-22(17-30)26(31)29-25(28-24)19-6-3-2-4-7-19/h2-13H,14-17H2,1H3,(H,28,29,31). The summed E-state index contributed by atoms with van der Waals surface area (Å²) >= 11 is 0. The van der Waals surface area contributed by atoms with E-state index in [4.69, 9.17) is 14.7 Å². The minimum atomic E-state index is -0.0569. The molecule has 2 aromatic carbocycles. The smallest absolute Gasteiger partial charge is 0.255 e. The van der Waals surface area contributed by atoms with Crippen molar-refractivity contribution < 1.29 is 4.74 Å². The second kappa shape index (κ2) is 8.77.